The first-order chi connectivity index (χ1) is 9.93. The SMILES string of the molecule is c1cc2c3ccc[n+]4cccc(c5ccc[n+](c1)c25)c34. The lowest BCUT2D eigenvalue weighted by atomic mass is 10.0. The summed E-state index contributed by atoms with van der Waals surface area (Å²) >= 11 is 0. The van der Waals surface area contributed by atoms with E-state index in [-0.39, 0.29) is 0 Å². The predicted molar refractivity (Wildman–Crippen MR) is 79.0 cm³/mol. The van der Waals surface area contributed by atoms with Crippen LogP contribution in [0.4, 0.5) is 0 Å². The van der Waals surface area contributed by atoms with Crippen molar-refractivity contribution in [3.05, 3.63) is 73.3 Å². The van der Waals surface area contributed by atoms with Gasteiger partial charge >= 0.3 is 0 Å². The lowest BCUT2D eigenvalue weighted by molar-refractivity contribution is -0.511. The maximum Gasteiger partial charge on any atom is 0.226 e. The molecule has 20 heavy (non-hydrogen) atoms. The Morgan fingerprint density at radius 2 is 0.750 bits per heavy atom. The van der Waals surface area contributed by atoms with Crippen molar-refractivity contribution in [1.29, 1.82) is 0 Å². The Labute approximate surface area is 115 Å². The third-order valence-electron chi connectivity index (χ3n) is 4.16. The largest absolute Gasteiger partial charge is 0.226 e. The third kappa shape index (κ3) is 1.09. The lowest BCUT2D eigenvalue weighted by Gasteiger charge is -2.05. The fourth-order valence-electron chi connectivity index (χ4n) is 3.36. The van der Waals surface area contributed by atoms with E-state index in [1.165, 1.54) is 32.6 Å². The summed E-state index contributed by atoms with van der Waals surface area (Å²) in [6.07, 6.45) is 8.46. The summed E-state index contributed by atoms with van der Waals surface area (Å²) in [4.78, 5) is 0. The molecule has 0 aliphatic heterocycles. The van der Waals surface area contributed by atoms with Crippen LogP contribution in [0, 0.1) is 0 Å². The lowest BCUT2D eigenvalue weighted by Crippen LogP contribution is -2.24. The van der Waals surface area contributed by atoms with Gasteiger partial charge in [-0.15, -0.1) is 0 Å². The Bertz CT molecular complexity index is 926. The van der Waals surface area contributed by atoms with E-state index >= 15 is 0 Å². The predicted octanol–water partition coefficient (Wildman–Crippen LogP) is 2.91. The van der Waals surface area contributed by atoms with Crippen LogP contribution in [0.5, 0.6) is 0 Å². The van der Waals surface area contributed by atoms with Crippen molar-refractivity contribution in [3.63, 3.8) is 0 Å². The number of nitrogens with zero attached hydrogens (tertiary/aromatic N) is 2. The van der Waals surface area contributed by atoms with Crippen LogP contribution in [0.25, 0.3) is 32.6 Å². The van der Waals surface area contributed by atoms with Gasteiger partial charge in [0.05, 0.1) is 21.5 Å². The Morgan fingerprint density at radius 3 is 1.05 bits per heavy atom. The molecule has 0 aliphatic rings. The molecule has 4 heterocycles. The van der Waals surface area contributed by atoms with Crippen molar-refractivity contribution < 1.29 is 8.80 Å². The van der Waals surface area contributed by atoms with Gasteiger partial charge in [-0.3, -0.25) is 0 Å². The Kier molecular flexibility index (Phi) is 1.73. The average molecular weight is 256 g/mol. The summed E-state index contributed by atoms with van der Waals surface area (Å²) in [6.45, 7) is 0. The molecule has 0 saturated heterocycles. The van der Waals surface area contributed by atoms with Crippen LogP contribution in [0.15, 0.2) is 73.3 Å². The third-order valence-corrected chi connectivity index (χ3v) is 4.16. The molecule has 0 unspecified atom stereocenters. The summed E-state index contributed by atoms with van der Waals surface area (Å²) in [5.74, 6) is 0. The van der Waals surface area contributed by atoms with Crippen LogP contribution in [0.1, 0.15) is 0 Å². The summed E-state index contributed by atoms with van der Waals surface area (Å²) in [6, 6.07) is 17.3. The summed E-state index contributed by atoms with van der Waals surface area (Å²) in [5, 5.41) is 5.22. The molecule has 1 aromatic carbocycles. The van der Waals surface area contributed by atoms with Gasteiger partial charge in [-0.05, 0) is 24.3 Å². The number of pyridine rings is 4. The molecule has 2 nitrogen and oxygen atoms in total. The standard InChI is InChI=1S/C18H12N2/c1-5-13-14-6-3-11-20-12-4-8-16(18(14)20)15-7-2-10-19(9-1)17(13)15/h1-12H/q+2. The molecule has 0 fully saturated rings. The Hall–Kier alpha value is -2.74. The van der Waals surface area contributed by atoms with Crippen LogP contribution in [0.2, 0.25) is 0 Å². The monoisotopic (exact) mass is 256 g/mol. The summed E-state index contributed by atoms with van der Waals surface area (Å²) < 4.78 is 4.42. The minimum absolute atomic E-state index is 1.29. The van der Waals surface area contributed by atoms with Gasteiger partial charge in [0.2, 0.25) is 11.0 Å². The van der Waals surface area contributed by atoms with Crippen LogP contribution >= 0.6 is 0 Å². The zero-order chi connectivity index (χ0) is 13.1. The van der Waals surface area contributed by atoms with Gasteiger partial charge in [-0.1, -0.05) is 0 Å². The maximum atomic E-state index is 2.21. The van der Waals surface area contributed by atoms with Gasteiger partial charge < -0.3 is 0 Å². The normalized spacial score (nSPS) is 12.0. The van der Waals surface area contributed by atoms with Crippen molar-refractivity contribution in [2.75, 3.05) is 0 Å². The number of fused-ring (bicyclic) bond motifs is 2. The van der Waals surface area contributed by atoms with E-state index in [1.807, 2.05) is 0 Å². The summed E-state index contributed by atoms with van der Waals surface area (Å²) in [7, 11) is 0. The van der Waals surface area contributed by atoms with Crippen molar-refractivity contribution >= 4 is 32.6 Å². The molecule has 4 aromatic heterocycles. The van der Waals surface area contributed by atoms with Crippen LogP contribution in [-0.4, -0.2) is 0 Å². The van der Waals surface area contributed by atoms with Gasteiger partial charge in [0.15, 0.2) is 24.8 Å². The number of benzene rings is 1. The molecule has 5 rings (SSSR count). The van der Waals surface area contributed by atoms with E-state index in [0.717, 1.165) is 0 Å². The fraction of sp³-hybridized carbons (Fsp3) is 0. The van der Waals surface area contributed by atoms with Crippen molar-refractivity contribution in [2.24, 2.45) is 0 Å². The molecule has 2 heteroatoms. The fourth-order valence-corrected chi connectivity index (χ4v) is 3.36. The average Bonchev–Trinajstić information content (AvgIpc) is 2.52. The first-order valence-electron chi connectivity index (χ1n) is 6.80. The second-order valence-corrected chi connectivity index (χ2v) is 5.20. The van der Waals surface area contributed by atoms with E-state index in [0.29, 0.717) is 0 Å². The van der Waals surface area contributed by atoms with Crippen molar-refractivity contribution in [3.8, 4) is 0 Å². The molecule has 0 radical (unpaired) electrons. The van der Waals surface area contributed by atoms with Crippen LogP contribution < -0.4 is 8.80 Å². The molecule has 0 saturated carbocycles. The van der Waals surface area contributed by atoms with Crippen molar-refractivity contribution in [2.45, 2.75) is 0 Å². The number of hydrogen-bond donors (Lipinski definition) is 0. The molecule has 0 spiro atoms. The Morgan fingerprint density at radius 1 is 0.450 bits per heavy atom. The minimum Gasteiger partial charge on any atom is -0.166 e. The number of aromatic nitrogens is 2. The van der Waals surface area contributed by atoms with E-state index in [4.69, 9.17) is 0 Å². The molecule has 0 aliphatic carbocycles. The van der Waals surface area contributed by atoms with E-state index in [9.17, 15) is 0 Å². The minimum atomic E-state index is 1.29. The molecule has 0 amide bonds. The van der Waals surface area contributed by atoms with Gasteiger partial charge in [-0.25, -0.2) is 0 Å². The van der Waals surface area contributed by atoms with E-state index in [2.05, 4.69) is 82.1 Å². The molecular weight excluding hydrogens is 244 g/mol. The van der Waals surface area contributed by atoms with E-state index < -0.39 is 0 Å². The molecular formula is C18H12N2+2. The van der Waals surface area contributed by atoms with Crippen LogP contribution in [0.3, 0.4) is 0 Å². The molecule has 0 atom stereocenters. The van der Waals surface area contributed by atoms with E-state index in [1.54, 1.807) is 0 Å². The zero-order valence-electron chi connectivity index (χ0n) is 10.8. The second kappa shape index (κ2) is 3.42. The highest BCUT2D eigenvalue weighted by molar-refractivity contribution is 6.20. The number of rotatable bonds is 0. The van der Waals surface area contributed by atoms with Gasteiger partial charge in [0.25, 0.3) is 0 Å². The first kappa shape index (κ1) is 10.1. The molecule has 0 N–H and O–H groups in total. The van der Waals surface area contributed by atoms with Crippen LogP contribution in [-0.2, 0) is 0 Å². The molecule has 92 valence electrons. The van der Waals surface area contributed by atoms with Gasteiger partial charge in [-0.2, -0.15) is 8.80 Å². The molecule has 0 bridgehead atoms. The highest BCUT2D eigenvalue weighted by atomic mass is 14.9. The van der Waals surface area contributed by atoms with Gasteiger partial charge in [0, 0.05) is 24.3 Å². The van der Waals surface area contributed by atoms with Gasteiger partial charge in [0.1, 0.15) is 0 Å². The first-order valence-corrected chi connectivity index (χ1v) is 6.80. The maximum absolute atomic E-state index is 2.21. The number of hydrogen-bond acceptors (Lipinski definition) is 0. The molecule has 5 aromatic rings. The highest BCUT2D eigenvalue weighted by Crippen LogP contribution is 2.30. The second-order valence-electron chi connectivity index (χ2n) is 5.20. The topological polar surface area (TPSA) is 8.20 Å². The quantitative estimate of drug-likeness (QED) is 0.229. The zero-order valence-corrected chi connectivity index (χ0v) is 10.8. The van der Waals surface area contributed by atoms with Crippen molar-refractivity contribution in [1.82, 2.24) is 0 Å². The smallest absolute Gasteiger partial charge is 0.166 e. The highest BCUT2D eigenvalue weighted by Gasteiger charge is 2.20. The Balaban J connectivity index is 2.32. The summed E-state index contributed by atoms with van der Waals surface area (Å²) in [5.41, 5.74) is 2.59.